The maximum atomic E-state index is 12.7. The number of nitrogens with zero attached hydrogens (tertiary/aromatic N) is 5. The van der Waals surface area contributed by atoms with Crippen LogP contribution in [0.4, 0.5) is 5.82 Å². The fourth-order valence-corrected chi connectivity index (χ4v) is 3.12. The zero-order chi connectivity index (χ0) is 18.5. The Kier molecular flexibility index (Phi) is 5.47. The van der Waals surface area contributed by atoms with E-state index in [2.05, 4.69) is 29.8 Å². The van der Waals surface area contributed by atoms with Gasteiger partial charge in [0.25, 0.3) is 5.91 Å². The van der Waals surface area contributed by atoms with E-state index in [0.29, 0.717) is 36.7 Å². The van der Waals surface area contributed by atoms with Crippen molar-refractivity contribution < 1.29 is 4.79 Å². The van der Waals surface area contributed by atoms with Gasteiger partial charge in [-0.05, 0) is 36.6 Å². The average molecular weight is 349 g/mol. The molecule has 0 unspecified atom stereocenters. The Balaban J connectivity index is 1.78. The first-order valence-electron chi connectivity index (χ1n) is 8.95. The molecule has 3 heterocycles. The van der Waals surface area contributed by atoms with E-state index in [9.17, 15) is 10.1 Å². The highest BCUT2D eigenvalue weighted by Crippen LogP contribution is 2.23. The molecule has 0 atom stereocenters. The monoisotopic (exact) mass is 349 g/mol. The molecule has 0 saturated carbocycles. The molecule has 2 aromatic rings. The maximum Gasteiger partial charge on any atom is 0.254 e. The highest BCUT2D eigenvalue weighted by Gasteiger charge is 2.22. The molecule has 1 aliphatic heterocycles. The molecule has 1 amide bonds. The van der Waals surface area contributed by atoms with Crippen molar-refractivity contribution in [3.63, 3.8) is 0 Å². The third kappa shape index (κ3) is 3.83. The number of nitriles is 1. The highest BCUT2D eigenvalue weighted by molar-refractivity contribution is 5.94. The van der Waals surface area contributed by atoms with Gasteiger partial charge in [-0.25, -0.2) is 4.98 Å². The van der Waals surface area contributed by atoms with Crippen molar-refractivity contribution in [2.45, 2.75) is 26.2 Å². The molecule has 2 aromatic heterocycles. The van der Waals surface area contributed by atoms with E-state index in [1.807, 2.05) is 17.0 Å². The van der Waals surface area contributed by atoms with E-state index in [1.54, 1.807) is 24.5 Å². The summed E-state index contributed by atoms with van der Waals surface area (Å²) in [7, 11) is 0. The molecule has 0 spiro atoms. The quantitative estimate of drug-likeness (QED) is 0.852. The third-order valence-electron chi connectivity index (χ3n) is 4.62. The van der Waals surface area contributed by atoms with Gasteiger partial charge >= 0.3 is 0 Å². The van der Waals surface area contributed by atoms with Crippen LogP contribution in [0.3, 0.4) is 0 Å². The number of hydrogen-bond donors (Lipinski definition) is 0. The minimum absolute atomic E-state index is 0.0265. The first-order valence-corrected chi connectivity index (χ1v) is 8.95. The van der Waals surface area contributed by atoms with Crippen LogP contribution >= 0.6 is 0 Å². The van der Waals surface area contributed by atoms with E-state index in [1.165, 1.54) is 0 Å². The van der Waals surface area contributed by atoms with Crippen LogP contribution in [0.5, 0.6) is 0 Å². The van der Waals surface area contributed by atoms with Crippen LogP contribution in [0.15, 0.2) is 36.7 Å². The lowest BCUT2D eigenvalue weighted by Crippen LogP contribution is -2.35. The highest BCUT2D eigenvalue weighted by atomic mass is 16.2. The van der Waals surface area contributed by atoms with Crippen molar-refractivity contribution in [1.82, 2.24) is 14.9 Å². The normalized spacial score (nSPS) is 14.8. The predicted molar refractivity (Wildman–Crippen MR) is 100 cm³/mol. The van der Waals surface area contributed by atoms with Gasteiger partial charge in [0.15, 0.2) is 0 Å². The number of aromatic nitrogens is 2. The number of carbonyl (C=O) groups is 1. The summed E-state index contributed by atoms with van der Waals surface area (Å²) in [4.78, 5) is 25.4. The van der Waals surface area contributed by atoms with Crippen molar-refractivity contribution in [3.8, 4) is 6.07 Å². The summed E-state index contributed by atoms with van der Waals surface area (Å²) in [6, 6.07) is 9.50. The Morgan fingerprint density at radius 3 is 2.58 bits per heavy atom. The van der Waals surface area contributed by atoms with E-state index < -0.39 is 0 Å². The number of carbonyl (C=O) groups excluding carboxylic acids is 1. The van der Waals surface area contributed by atoms with E-state index >= 15 is 0 Å². The molecule has 1 fully saturated rings. The van der Waals surface area contributed by atoms with Crippen molar-refractivity contribution in [1.29, 1.82) is 5.26 Å². The van der Waals surface area contributed by atoms with Gasteiger partial charge in [0, 0.05) is 49.8 Å². The Bertz CT molecular complexity index is 813. The summed E-state index contributed by atoms with van der Waals surface area (Å²) < 4.78 is 0. The third-order valence-corrected chi connectivity index (χ3v) is 4.62. The summed E-state index contributed by atoms with van der Waals surface area (Å²) in [6.07, 6.45) is 4.12. The van der Waals surface area contributed by atoms with Gasteiger partial charge in [0.1, 0.15) is 11.9 Å². The van der Waals surface area contributed by atoms with Gasteiger partial charge in [-0.3, -0.25) is 9.78 Å². The molecule has 0 aliphatic carbocycles. The molecule has 1 aliphatic rings. The molecule has 6 nitrogen and oxygen atoms in total. The number of anilines is 1. The van der Waals surface area contributed by atoms with Gasteiger partial charge in [-0.15, -0.1) is 0 Å². The Morgan fingerprint density at radius 2 is 1.88 bits per heavy atom. The second kappa shape index (κ2) is 7.96. The van der Waals surface area contributed by atoms with Gasteiger partial charge < -0.3 is 9.80 Å². The van der Waals surface area contributed by atoms with Crippen LogP contribution in [0.1, 0.15) is 47.8 Å². The van der Waals surface area contributed by atoms with Crippen LogP contribution in [-0.2, 0) is 0 Å². The lowest BCUT2D eigenvalue weighted by molar-refractivity contribution is 0.0767. The van der Waals surface area contributed by atoms with Crippen molar-refractivity contribution in [2.24, 2.45) is 0 Å². The van der Waals surface area contributed by atoms with Gasteiger partial charge in [-0.2, -0.15) is 5.26 Å². The summed E-state index contributed by atoms with van der Waals surface area (Å²) in [5.41, 5.74) is 2.22. The second-order valence-electron chi connectivity index (χ2n) is 6.74. The van der Waals surface area contributed by atoms with E-state index in [-0.39, 0.29) is 5.91 Å². The molecule has 0 bridgehead atoms. The fourth-order valence-electron chi connectivity index (χ4n) is 3.12. The van der Waals surface area contributed by atoms with Crippen molar-refractivity contribution in [2.75, 3.05) is 31.1 Å². The van der Waals surface area contributed by atoms with Crippen molar-refractivity contribution >= 4 is 11.7 Å². The Hall–Kier alpha value is -2.94. The van der Waals surface area contributed by atoms with Gasteiger partial charge in [0.05, 0.1) is 5.56 Å². The molecule has 6 heteroatoms. The molecule has 0 aromatic carbocycles. The molecule has 26 heavy (non-hydrogen) atoms. The smallest absolute Gasteiger partial charge is 0.254 e. The first-order chi connectivity index (χ1) is 12.6. The molecule has 0 N–H and O–H groups in total. The molecule has 1 saturated heterocycles. The van der Waals surface area contributed by atoms with Crippen LogP contribution in [-0.4, -0.2) is 47.0 Å². The molecule has 134 valence electrons. The first kappa shape index (κ1) is 17.9. The van der Waals surface area contributed by atoms with Crippen LogP contribution < -0.4 is 4.90 Å². The van der Waals surface area contributed by atoms with Gasteiger partial charge in [0.2, 0.25) is 0 Å². The summed E-state index contributed by atoms with van der Waals surface area (Å²) >= 11 is 0. The van der Waals surface area contributed by atoms with Crippen LogP contribution in [0, 0.1) is 11.3 Å². The lowest BCUT2D eigenvalue weighted by atomic mass is 10.1. The van der Waals surface area contributed by atoms with Crippen LogP contribution in [0.25, 0.3) is 0 Å². The second-order valence-corrected chi connectivity index (χ2v) is 6.74. The summed E-state index contributed by atoms with van der Waals surface area (Å²) in [5.74, 6) is 1.06. The molecular weight excluding hydrogens is 326 g/mol. The molecule has 3 rings (SSSR count). The number of hydrogen-bond acceptors (Lipinski definition) is 5. The van der Waals surface area contributed by atoms with Gasteiger partial charge in [-0.1, -0.05) is 13.8 Å². The van der Waals surface area contributed by atoms with Crippen LogP contribution in [0.2, 0.25) is 0 Å². The largest absolute Gasteiger partial charge is 0.354 e. The zero-order valence-corrected chi connectivity index (χ0v) is 15.2. The summed E-state index contributed by atoms with van der Waals surface area (Å²) in [6.45, 7) is 6.94. The topological polar surface area (TPSA) is 73.1 Å². The minimum atomic E-state index is 0.0265. The van der Waals surface area contributed by atoms with Crippen molar-refractivity contribution in [3.05, 3.63) is 53.5 Å². The number of amides is 1. The number of pyridine rings is 2. The number of rotatable bonds is 3. The fraction of sp³-hybridized carbons (Fsp3) is 0.400. The molecular formula is C20H23N5O. The SMILES string of the molecule is CC(C)c1ccc(C#N)c(N2CCCN(C(=O)c3ccncc3)CC2)n1. The predicted octanol–water partition coefficient (Wildman–Crippen LogP) is 2.82. The maximum absolute atomic E-state index is 12.7. The zero-order valence-electron chi connectivity index (χ0n) is 15.2. The minimum Gasteiger partial charge on any atom is -0.354 e. The summed E-state index contributed by atoms with van der Waals surface area (Å²) in [5, 5.41) is 9.45. The lowest BCUT2D eigenvalue weighted by Gasteiger charge is -2.24. The van der Waals surface area contributed by atoms with E-state index in [4.69, 9.17) is 4.98 Å². The van der Waals surface area contributed by atoms with E-state index in [0.717, 1.165) is 24.5 Å². The molecule has 0 radical (unpaired) electrons. The Labute approximate surface area is 154 Å². The standard InChI is InChI=1S/C20H23N5O/c1-15(2)18-5-4-17(14-21)19(23-18)24-10-3-11-25(13-12-24)20(26)16-6-8-22-9-7-16/h4-9,15H,3,10-13H2,1-2H3. The average Bonchev–Trinajstić information content (AvgIpc) is 2.93. The Morgan fingerprint density at radius 1 is 1.12 bits per heavy atom.